The summed E-state index contributed by atoms with van der Waals surface area (Å²) in [5.41, 5.74) is 0.846. The van der Waals surface area contributed by atoms with E-state index in [1.165, 1.54) is 12.1 Å². The van der Waals surface area contributed by atoms with Gasteiger partial charge in [-0.25, -0.2) is 0 Å². The van der Waals surface area contributed by atoms with E-state index in [0.717, 1.165) is 12.1 Å². The molecule has 0 fully saturated rings. The molecule has 19 heavy (non-hydrogen) atoms. The van der Waals surface area contributed by atoms with Gasteiger partial charge < -0.3 is 15.4 Å². The Bertz CT molecular complexity index is 456. The van der Waals surface area contributed by atoms with E-state index in [1.807, 2.05) is 6.92 Å². The van der Waals surface area contributed by atoms with Gasteiger partial charge in [0.1, 0.15) is 5.75 Å². The third-order valence-electron chi connectivity index (χ3n) is 2.52. The molecule has 2 rings (SSSR count). The summed E-state index contributed by atoms with van der Waals surface area (Å²) in [6.45, 7) is 3.23. The molecule has 0 saturated heterocycles. The minimum absolute atomic E-state index is 0.221. The lowest BCUT2D eigenvalue weighted by atomic mass is 10.2. The second-order valence-electron chi connectivity index (χ2n) is 4.28. The third kappa shape index (κ3) is 4.35. The van der Waals surface area contributed by atoms with E-state index < -0.39 is 6.36 Å². The Morgan fingerprint density at radius 2 is 2.05 bits per heavy atom. The van der Waals surface area contributed by atoms with E-state index in [1.54, 1.807) is 12.1 Å². The van der Waals surface area contributed by atoms with Crippen molar-refractivity contribution in [3.05, 3.63) is 29.8 Å². The van der Waals surface area contributed by atoms with Gasteiger partial charge in [-0.05, 0) is 24.6 Å². The summed E-state index contributed by atoms with van der Waals surface area (Å²) in [6.07, 6.45) is -4.65. The molecule has 1 aliphatic heterocycles. The van der Waals surface area contributed by atoms with Crippen molar-refractivity contribution >= 4 is 5.96 Å². The highest BCUT2D eigenvalue weighted by Crippen LogP contribution is 2.22. The summed E-state index contributed by atoms with van der Waals surface area (Å²) >= 11 is 0. The second kappa shape index (κ2) is 5.38. The Morgan fingerprint density at radius 3 is 2.58 bits per heavy atom. The zero-order valence-corrected chi connectivity index (χ0v) is 10.3. The number of rotatable bonds is 3. The molecule has 4 nitrogen and oxygen atoms in total. The normalized spacial score (nSPS) is 18.7. The summed E-state index contributed by atoms with van der Waals surface area (Å²) < 4.78 is 39.7. The minimum atomic E-state index is -4.65. The maximum absolute atomic E-state index is 12.0. The summed E-state index contributed by atoms with van der Waals surface area (Å²) in [7, 11) is 0. The van der Waals surface area contributed by atoms with Crippen molar-refractivity contribution in [3.63, 3.8) is 0 Å². The zero-order valence-electron chi connectivity index (χ0n) is 10.3. The Balaban J connectivity index is 1.85. The number of nitrogens with one attached hydrogen (secondary N) is 2. The van der Waals surface area contributed by atoms with Crippen molar-refractivity contribution in [3.8, 4) is 5.75 Å². The quantitative estimate of drug-likeness (QED) is 0.885. The number of halogens is 3. The van der Waals surface area contributed by atoms with Gasteiger partial charge in [0.05, 0.1) is 6.54 Å². The molecule has 0 saturated carbocycles. The molecular weight excluding hydrogens is 259 g/mol. The van der Waals surface area contributed by atoms with E-state index in [4.69, 9.17) is 0 Å². The molecule has 1 aromatic rings. The second-order valence-corrected chi connectivity index (χ2v) is 4.28. The summed E-state index contributed by atoms with van der Waals surface area (Å²) in [5.74, 6) is 0.490. The van der Waals surface area contributed by atoms with Crippen LogP contribution in [0, 0.1) is 0 Å². The fourth-order valence-corrected chi connectivity index (χ4v) is 1.65. The Hall–Kier alpha value is -1.92. The van der Waals surface area contributed by atoms with Gasteiger partial charge in [0, 0.05) is 12.6 Å². The van der Waals surface area contributed by atoms with Gasteiger partial charge in [-0.2, -0.15) is 0 Å². The van der Waals surface area contributed by atoms with E-state index in [9.17, 15) is 13.2 Å². The first-order valence-corrected chi connectivity index (χ1v) is 5.82. The van der Waals surface area contributed by atoms with Crippen molar-refractivity contribution in [2.75, 3.05) is 6.54 Å². The van der Waals surface area contributed by atoms with E-state index in [-0.39, 0.29) is 5.75 Å². The number of alkyl halides is 3. The maximum Gasteiger partial charge on any atom is 0.573 e. The number of benzene rings is 1. The standard InChI is InChI=1S/C12H14F3N3O/c1-8-6-16-11(18-8)17-7-9-2-4-10(5-3-9)19-12(13,14)15/h2-5,8H,6-7H2,1H3,(H2,16,17,18). The largest absolute Gasteiger partial charge is 0.573 e. The molecule has 1 aromatic carbocycles. The highest BCUT2D eigenvalue weighted by Gasteiger charge is 2.30. The number of guanidine groups is 1. The summed E-state index contributed by atoms with van der Waals surface area (Å²) in [6, 6.07) is 6.04. The molecule has 0 spiro atoms. The number of nitrogens with zero attached hydrogens (tertiary/aromatic N) is 1. The van der Waals surface area contributed by atoms with Gasteiger partial charge in [-0.15, -0.1) is 13.2 Å². The molecule has 1 unspecified atom stereocenters. The molecule has 7 heteroatoms. The molecule has 0 radical (unpaired) electrons. The highest BCUT2D eigenvalue weighted by molar-refractivity contribution is 5.81. The van der Waals surface area contributed by atoms with Gasteiger partial charge >= 0.3 is 6.36 Å². The molecule has 2 N–H and O–H groups in total. The average molecular weight is 273 g/mol. The molecule has 1 heterocycles. The fourth-order valence-electron chi connectivity index (χ4n) is 1.65. The molecule has 0 aliphatic carbocycles. The van der Waals surface area contributed by atoms with Crippen LogP contribution in [0.1, 0.15) is 12.5 Å². The number of ether oxygens (including phenoxy) is 1. The van der Waals surface area contributed by atoms with Crippen LogP contribution in [-0.4, -0.2) is 24.9 Å². The van der Waals surface area contributed by atoms with Crippen LogP contribution in [-0.2, 0) is 6.54 Å². The highest BCUT2D eigenvalue weighted by atomic mass is 19.4. The van der Waals surface area contributed by atoms with E-state index in [2.05, 4.69) is 20.4 Å². The third-order valence-corrected chi connectivity index (χ3v) is 2.52. The van der Waals surface area contributed by atoms with Gasteiger partial charge in [0.15, 0.2) is 5.96 Å². The van der Waals surface area contributed by atoms with Crippen molar-refractivity contribution in [1.82, 2.24) is 10.6 Å². The van der Waals surface area contributed by atoms with E-state index >= 15 is 0 Å². The van der Waals surface area contributed by atoms with Gasteiger partial charge in [0.25, 0.3) is 0 Å². The molecule has 0 aromatic heterocycles. The summed E-state index contributed by atoms with van der Waals surface area (Å²) in [5, 5.41) is 6.20. The molecule has 1 aliphatic rings. The van der Waals surface area contributed by atoms with Gasteiger partial charge in [-0.3, -0.25) is 4.99 Å². The monoisotopic (exact) mass is 273 g/mol. The van der Waals surface area contributed by atoms with Crippen LogP contribution in [0.4, 0.5) is 13.2 Å². The van der Waals surface area contributed by atoms with Crippen molar-refractivity contribution in [1.29, 1.82) is 0 Å². The Morgan fingerprint density at radius 1 is 1.37 bits per heavy atom. The Kier molecular flexibility index (Phi) is 3.82. The van der Waals surface area contributed by atoms with Gasteiger partial charge in [-0.1, -0.05) is 12.1 Å². The van der Waals surface area contributed by atoms with Crippen LogP contribution < -0.4 is 15.4 Å². The van der Waals surface area contributed by atoms with Crippen molar-refractivity contribution in [2.45, 2.75) is 25.9 Å². The van der Waals surface area contributed by atoms with Crippen LogP contribution in [0.3, 0.4) is 0 Å². The summed E-state index contributed by atoms with van der Waals surface area (Å²) in [4.78, 5) is 4.22. The van der Waals surface area contributed by atoms with Crippen LogP contribution in [0.2, 0.25) is 0 Å². The molecule has 104 valence electrons. The van der Waals surface area contributed by atoms with Gasteiger partial charge in [0.2, 0.25) is 0 Å². The molecular formula is C12H14F3N3O. The number of aliphatic imine (C=N–C) groups is 1. The predicted octanol–water partition coefficient (Wildman–Crippen LogP) is 2.02. The van der Waals surface area contributed by atoms with Crippen LogP contribution in [0.5, 0.6) is 5.75 Å². The first-order chi connectivity index (χ1) is 8.92. The lowest BCUT2D eigenvalue weighted by Gasteiger charge is -2.11. The lowest BCUT2D eigenvalue weighted by molar-refractivity contribution is -0.274. The average Bonchev–Trinajstić information content (AvgIpc) is 2.72. The first-order valence-electron chi connectivity index (χ1n) is 5.82. The van der Waals surface area contributed by atoms with Crippen molar-refractivity contribution in [2.24, 2.45) is 4.99 Å². The maximum atomic E-state index is 12.0. The SMILES string of the molecule is CC1CN=C(NCc2ccc(OC(F)(F)F)cc2)N1. The minimum Gasteiger partial charge on any atom is -0.406 e. The smallest absolute Gasteiger partial charge is 0.406 e. The topological polar surface area (TPSA) is 45.7 Å². The lowest BCUT2D eigenvalue weighted by Crippen LogP contribution is -2.37. The predicted molar refractivity (Wildman–Crippen MR) is 64.9 cm³/mol. The van der Waals surface area contributed by atoms with Crippen LogP contribution in [0.25, 0.3) is 0 Å². The Labute approximate surface area is 108 Å². The molecule has 0 bridgehead atoms. The zero-order chi connectivity index (χ0) is 13.9. The van der Waals surface area contributed by atoms with E-state index in [0.29, 0.717) is 18.5 Å². The fraction of sp³-hybridized carbons (Fsp3) is 0.417. The number of hydrogen-bond acceptors (Lipinski definition) is 4. The molecule has 0 amide bonds. The van der Waals surface area contributed by atoms with Crippen LogP contribution in [0.15, 0.2) is 29.3 Å². The first kappa shape index (κ1) is 13.5. The molecule has 1 atom stereocenters. The number of hydrogen-bond donors (Lipinski definition) is 2. The van der Waals surface area contributed by atoms with Crippen molar-refractivity contribution < 1.29 is 17.9 Å². The van der Waals surface area contributed by atoms with Crippen LogP contribution >= 0.6 is 0 Å².